The number of benzene rings is 1. The number of likely N-dealkylation sites (N-methyl/N-ethyl adjacent to an activating group) is 1. The van der Waals surface area contributed by atoms with Gasteiger partial charge in [-0.1, -0.05) is 23.4 Å². The van der Waals surface area contributed by atoms with Crippen molar-refractivity contribution in [3.05, 3.63) is 47.3 Å². The van der Waals surface area contributed by atoms with Gasteiger partial charge in [-0.15, -0.1) is 0 Å². The molecule has 0 saturated heterocycles. The van der Waals surface area contributed by atoms with Crippen molar-refractivity contribution in [2.24, 2.45) is 0 Å². The van der Waals surface area contributed by atoms with E-state index < -0.39 is 0 Å². The van der Waals surface area contributed by atoms with E-state index in [4.69, 9.17) is 4.52 Å². The molecule has 1 aliphatic heterocycles. The molecular weight excluding hydrogens is 290 g/mol. The Kier molecular flexibility index (Phi) is 3.36. The maximum atomic E-state index is 12.9. The summed E-state index contributed by atoms with van der Waals surface area (Å²) in [6.07, 6.45) is 2.28. The monoisotopic (exact) mass is 311 g/mol. The van der Waals surface area contributed by atoms with E-state index in [1.807, 2.05) is 23.1 Å². The zero-order valence-corrected chi connectivity index (χ0v) is 13.5. The van der Waals surface area contributed by atoms with Crippen molar-refractivity contribution in [2.75, 3.05) is 18.5 Å². The minimum absolute atomic E-state index is 0.0433. The summed E-state index contributed by atoms with van der Waals surface area (Å²) < 4.78 is 5.35. The van der Waals surface area contributed by atoms with Crippen LogP contribution in [0.3, 0.4) is 0 Å². The summed E-state index contributed by atoms with van der Waals surface area (Å²) in [6.45, 7) is 3.49. The number of amides is 1. The van der Waals surface area contributed by atoms with Crippen LogP contribution in [-0.4, -0.2) is 35.6 Å². The van der Waals surface area contributed by atoms with Crippen molar-refractivity contribution in [2.45, 2.75) is 38.3 Å². The van der Waals surface area contributed by atoms with Crippen LogP contribution in [-0.2, 0) is 6.54 Å². The van der Waals surface area contributed by atoms with E-state index >= 15 is 0 Å². The molecule has 23 heavy (non-hydrogen) atoms. The number of rotatable bonds is 2. The quantitative estimate of drug-likeness (QED) is 0.855. The highest BCUT2D eigenvalue weighted by Gasteiger charge is 2.32. The van der Waals surface area contributed by atoms with Gasteiger partial charge in [-0.3, -0.25) is 4.79 Å². The van der Waals surface area contributed by atoms with Crippen LogP contribution in [0.4, 0.5) is 5.69 Å². The molecule has 0 radical (unpaired) electrons. The van der Waals surface area contributed by atoms with E-state index in [0.717, 1.165) is 25.1 Å². The number of fused-ring (bicyclic) bond motifs is 1. The topological polar surface area (TPSA) is 49.6 Å². The average molecular weight is 311 g/mol. The smallest absolute Gasteiger partial charge is 0.276 e. The van der Waals surface area contributed by atoms with E-state index in [1.54, 1.807) is 0 Å². The van der Waals surface area contributed by atoms with E-state index in [1.165, 1.54) is 11.3 Å². The summed E-state index contributed by atoms with van der Waals surface area (Å²) in [7, 11) is 2.07. The van der Waals surface area contributed by atoms with Crippen molar-refractivity contribution >= 4 is 11.6 Å². The first-order valence-electron chi connectivity index (χ1n) is 8.20. The lowest BCUT2D eigenvalue weighted by Crippen LogP contribution is -2.42. The fourth-order valence-corrected chi connectivity index (χ4v) is 3.32. The number of carbonyl (C=O) groups excluding carboxylic acids is 1. The van der Waals surface area contributed by atoms with Gasteiger partial charge in [0.25, 0.3) is 5.91 Å². The van der Waals surface area contributed by atoms with E-state index in [9.17, 15) is 4.79 Å². The number of aromatic nitrogens is 1. The van der Waals surface area contributed by atoms with Gasteiger partial charge >= 0.3 is 0 Å². The molecule has 0 bridgehead atoms. The number of nitrogens with zero attached hydrogens (tertiary/aromatic N) is 3. The molecule has 0 unspecified atom stereocenters. The van der Waals surface area contributed by atoms with Gasteiger partial charge in [-0.2, -0.15) is 0 Å². The lowest BCUT2D eigenvalue weighted by atomic mass is 10.1. The highest BCUT2D eigenvalue weighted by Crippen LogP contribution is 2.40. The Morgan fingerprint density at radius 3 is 2.87 bits per heavy atom. The highest BCUT2D eigenvalue weighted by atomic mass is 16.5. The number of anilines is 1. The molecule has 5 nitrogen and oxygen atoms in total. The Morgan fingerprint density at radius 1 is 1.30 bits per heavy atom. The minimum atomic E-state index is -0.0433. The Balaban J connectivity index is 1.62. The molecule has 5 heteroatoms. The molecule has 1 amide bonds. The van der Waals surface area contributed by atoms with Gasteiger partial charge < -0.3 is 14.3 Å². The van der Waals surface area contributed by atoms with E-state index in [2.05, 4.69) is 36.2 Å². The zero-order valence-electron chi connectivity index (χ0n) is 13.5. The summed E-state index contributed by atoms with van der Waals surface area (Å²) in [6, 6.07) is 10.2. The van der Waals surface area contributed by atoms with Crippen LogP contribution in [0.2, 0.25) is 0 Å². The molecule has 1 aliphatic carbocycles. The second kappa shape index (κ2) is 5.41. The first-order valence-corrected chi connectivity index (χ1v) is 8.20. The highest BCUT2D eigenvalue weighted by molar-refractivity contribution is 5.92. The van der Waals surface area contributed by atoms with Crippen LogP contribution in [0.1, 0.15) is 47.5 Å². The van der Waals surface area contributed by atoms with Gasteiger partial charge in [0.1, 0.15) is 5.76 Å². The van der Waals surface area contributed by atoms with Crippen LogP contribution in [0.25, 0.3) is 0 Å². The summed E-state index contributed by atoms with van der Waals surface area (Å²) in [5, 5.41) is 4.01. The van der Waals surface area contributed by atoms with Gasteiger partial charge in [0, 0.05) is 43.9 Å². The van der Waals surface area contributed by atoms with Crippen molar-refractivity contribution in [1.82, 2.24) is 10.1 Å². The van der Waals surface area contributed by atoms with Crippen LogP contribution < -0.4 is 4.90 Å². The van der Waals surface area contributed by atoms with Crippen LogP contribution in [0.5, 0.6) is 0 Å². The van der Waals surface area contributed by atoms with Crippen molar-refractivity contribution in [3.8, 4) is 0 Å². The number of hydrogen-bond donors (Lipinski definition) is 0. The molecule has 2 aliphatic rings. The average Bonchev–Trinajstić information content (AvgIpc) is 3.30. The third-order valence-corrected chi connectivity index (χ3v) is 4.80. The molecule has 0 N–H and O–H groups in total. The molecular formula is C18H21N3O2. The van der Waals surface area contributed by atoms with Crippen LogP contribution >= 0.6 is 0 Å². The molecule has 0 spiro atoms. The second-order valence-electron chi connectivity index (χ2n) is 6.68. The maximum absolute atomic E-state index is 12.9. The first-order chi connectivity index (χ1) is 11.1. The molecule has 2 aromatic rings. The molecule has 1 atom stereocenters. The second-order valence-corrected chi connectivity index (χ2v) is 6.68. The van der Waals surface area contributed by atoms with Crippen molar-refractivity contribution in [1.29, 1.82) is 0 Å². The lowest BCUT2D eigenvalue weighted by Gasteiger charge is -2.27. The normalized spacial score (nSPS) is 21.0. The molecule has 1 saturated carbocycles. The van der Waals surface area contributed by atoms with Gasteiger partial charge in [-0.25, -0.2) is 0 Å². The lowest BCUT2D eigenvalue weighted by molar-refractivity contribution is 0.0676. The summed E-state index contributed by atoms with van der Waals surface area (Å²) >= 11 is 0. The molecule has 120 valence electrons. The SMILES string of the molecule is C[C@@H]1CN(C)c2ccccc2CN1C(=O)c1cc(C2CC2)on1. The van der Waals surface area contributed by atoms with Crippen LogP contribution in [0, 0.1) is 0 Å². The number of para-hydroxylation sites is 1. The van der Waals surface area contributed by atoms with E-state index in [0.29, 0.717) is 18.2 Å². The van der Waals surface area contributed by atoms with Crippen molar-refractivity contribution in [3.63, 3.8) is 0 Å². The fraction of sp³-hybridized carbons (Fsp3) is 0.444. The van der Waals surface area contributed by atoms with Gasteiger partial charge in [0.2, 0.25) is 0 Å². The fourth-order valence-electron chi connectivity index (χ4n) is 3.32. The zero-order chi connectivity index (χ0) is 16.0. The van der Waals surface area contributed by atoms with E-state index in [-0.39, 0.29) is 11.9 Å². The van der Waals surface area contributed by atoms with Gasteiger partial charge in [0.15, 0.2) is 5.69 Å². The standard InChI is InChI=1S/C18H21N3O2/c1-12-10-20(2)16-6-4-3-5-14(16)11-21(12)18(22)15-9-17(23-19-15)13-7-8-13/h3-6,9,12-13H,7-8,10-11H2,1-2H3/t12-/m1/s1. The predicted molar refractivity (Wildman–Crippen MR) is 87.5 cm³/mol. The molecule has 2 heterocycles. The number of hydrogen-bond acceptors (Lipinski definition) is 4. The molecule has 4 rings (SSSR count). The van der Waals surface area contributed by atoms with Crippen molar-refractivity contribution < 1.29 is 9.32 Å². The minimum Gasteiger partial charge on any atom is -0.372 e. The molecule has 1 aromatic heterocycles. The summed E-state index contributed by atoms with van der Waals surface area (Å²) in [5.74, 6) is 1.28. The Labute approximate surface area is 135 Å². The largest absolute Gasteiger partial charge is 0.372 e. The van der Waals surface area contributed by atoms with Gasteiger partial charge in [0.05, 0.1) is 0 Å². The van der Waals surface area contributed by atoms with Crippen LogP contribution in [0.15, 0.2) is 34.9 Å². The third-order valence-electron chi connectivity index (χ3n) is 4.80. The molecule has 1 fully saturated rings. The Hall–Kier alpha value is -2.30. The summed E-state index contributed by atoms with van der Waals surface area (Å²) in [5.41, 5.74) is 2.79. The first kappa shape index (κ1) is 14.3. The Morgan fingerprint density at radius 2 is 2.09 bits per heavy atom. The number of carbonyl (C=O) groups is 1. The Bertz CT molecular complexity index is 735. The molecule has 1 aromatic carbocycles. The third kappa shape index (κ3) is 2.60. The van der Waals surface area contributed by atoms with Gasteiger partial charge in [-0.05, 0) is 31.4 Å². The predicted octanol–water partition coefficient (Wildman–Crippen LogP) is 3.03. The maximum Gasteiger partial charge on any atom is 0.276 e. The summed E-state index contributed by atoms with van der Waals surface area (Å²) in [4.78, 5) is 17.0.